The maximum absolute atomic E-state index is 12.4. The first-order valence-electron chi connectivity index (χ1n) is 8.23. The van der Waals surface area contributed by atoms with Crippen molar-refractivity contribution < 1.29 is 9.59 Å². The number of carbonyl (C=O) groups excluding carboxylic acids is 2. The van der Waals surface area contributed by atoms with Gasteiger partial charge in [-0.25, -0.2) is 0 Å². The zero-order valence-electron chi connectivity index (χ0n) is 15.1. The van der Waals surface area contributed by atoms with Gasteiger partial charge in [0.05, 0.1) is 11.4 Å². The van der Waals surface area contributed by atoms with Gasteiger partial charge in [-0.05, 0) is 50.6 Å². The molecule has 1 aromatic heterocycles. The van der Waals surface area contributed by atoms with Crippen LogP contribution in [-0.4, -0.2) is 26.8 Å². The van der Waals surface area contributed by atoms with E-state index in [0.717, 1.165) is 16.8 Å². The van der Waals surface area contributed by atoms with E-state index in [4.69, 9.17) is 11.6 Å². The van der Waals surface area contributed by atoms with Gasteiger partial charge in [-0.2, -0.15) is 9.90 Å². The molecular weight excluding hydrogens is 366 g/mol. The van der Waals surface area contributed by atoms with E-state index in [2.05, 4.69) is 21.0 Å². The number of carbonyl (C=O) groups is 2. The van der Waals surface area contributed by atoms with Crippen LogP contribution >= 0.6 is 11.6 Å². The maximum atomic E-state index is 12.4. The first kappa shape index (κ1) is 18.6. The van der Waals surface area contributed by atoms with Gasteiger partial charge in [0.2, 0.25) is 0 Å². The summed E-state index contributed by atoms with van der Waals surface area (Å²) in [7, 11) is 0. The molecule has 138 valence electrons. The summed E-state index contributed by atoms with van der Waals surface area (Å²) in [5, 5.41) is 8.99. The number of aromatic nitrogens is 3. The van der Waals surface area contributed by atoms with Crippen molar-refractivity contribution in [2.75, 3.05) is 0 Å². The third-order valence-corrected chi connectivity index (χ3v) is 4.18. The summed E-state index contributed by atoms with van der Waals surface area (Å²) in [5.74, 6) is -1.04. The fraction of sp³-hybridized carbons (Fsp3) is 0.158. The van der Waals surface area contributed by atoms with Gasteiger partial charge in [-0.3, -0.25) is 20.4 Å². The molecule has 2 aromatic carbocycles. The standard InChI is InChI=1S/C19H18ClN5O2/c1-11-7-8-16(12(2)9-11)25-23-13(3)17(24-25)19(27)22-21-18(26)14-5-4-6-15(20)10-14/h4-10H,1-3H3,(H,21,26)(H,22,27). The molecule has 2 amide bonds. The maximum Gasteiger partial charge on any atom is 0.292 e. The van der Waals surface area contributed by atoms with Crippen LogP contribution in [0.3, 0.4) is 0 Å². The van der Waals surface area contributed by atoms with Crippen LogP contribution in [0.25, 0.3) is 5.69 Å². The summed E-state index contributed by atoms with van der Waals surface area (Å²) in [6.07, 6.45) is 0. The number of halogens is 1. The molecule has 0 fully saturated rings. The van der Waals surface area contributed by atoms with E-state index < -0.39 is 11.8 Å². The van der Waals surface area contributed by atoms with Gasteiger partial charge < -0.3 is 0 Å². The lowest BCUT2D eigenvalue weighted by Crippen LogP contribution is -2.42. The van der Waals surface area contributed by atoms with Crippen LogP contribution in [0.15, 0.2) is 42.5 Å². The number of nitrogens with one attached hydrogen (secondary N) is 2. The van der Waals surface area contributed by atoms with Gasteiger partial charge in [0, 0.05) is 10.6 Å². The minimum Gasteiger partial charge on any atom is -0.267 e. The molecule has 0 saturated heterocycles. The van der Waals surface area contributed by atoms with Crippen LogP contribution in [0.5, 0.6) is 0 Å². The number of rotatable bonds is 3. The topological polar surface area (TPSA) is 88.9 Å². The molecule has 0 unspecified atom stereocenters. The first-order valence-corrected chi connectivity index (χ1v) is 8.61. The monoisotopic (exact) mass is 383 g/mol. The summed E-state index contributed by atoms with van der Waals surface area (Å²) in [6.45, 7) is 5.63. The average molecular weight is 384 g/mol. The highest BCUT2D eigenvalue weighted by Crippen LogP contribution is 2.15. The number of benzene rings is 2. The lowest BCUT2D eigenvalue weighted by molar-refractivity contribution is 0.0843. The number of amides is 2. The zero-order valence-corrected chi connectivity index (χ0v) is 15.8. The predicted octanol–water partition coefficient (Wildman–Crippen LogP) is 2.92. The molecule has 2 N–H and O–H groups in total. The quantitative estimate of drug-likeness (QED) is 0.680. The van der Waals surface area contributed by atoms with E-state index in [1.54, 1.807) is 25.1 Å². The highest BCUT2D eigenvalue weighted by atomic mass is 35.5. The Balaban J connectivity index is 1.74. The molecule has 3 aromatic rings. The Morgan fingerprint density at radius 1 is 0.963 bits per heavy atom. The number of hydrogen-bond donors (Lipinski definition) is 2. The molecule has 0 bridgehead atoms. The number of hydrogen-bond acceptors (Lipinski definition) is 4. The SMILES string of the molecule is Cc1ccc(-n2nc(C)c(C(=O)NNC(=O)c3cccc(Cl)c3)n2)c(C)c1. The van der Waals surface area contributed by atoms with Gasteiger partial charge in [0.25, 0.3) is 11.8 Å². The summed E-state index contributed by atoms with van der Waals surface area (Å²) >= 11 is 5.86. The Morgan fingerprint density at radius 3 is 2.41 bits per heavy atom. The van der Waals surface area contributed by atoms with E-state index in [-0.39, 0.29) is 5.69 Å². The molecule has 0 spiro atoms. The molecule has 0 aliphatic heterocycles. The minimum atomic E-state index is -0.557. The van der Waals surface area contributed by atoms with Crippen LogP contribution in [0.4, 0.5) is 0 Å². The lowest BCUT2D eigenvalue weighted by atomic mass is 10.1. The van der Waals surface area contributed by atoms with Gasteiger partial charge in [-0.1, -0.05) is 35.4 Å². The fourth-order valence-corrected chi connectivity index (χ4v) is 2.79. The Hall–Kier alpha value is -3.19. The zero-order chi connectivity index (χ0) is 19.6. The second-order valence-corrected chi connectivity index (χ2v) is 6.57. The van der Waals surface area contributed by atoms with E-state index in [0.29, 0.717) is 16.3 Å². The third kappa shape index (κ3) is 4.15. The van der Waals surface area contributed by atoms with Crippen LogP contribution in [0, 0.1) is 20.8 Å². The fourth-order valence-electron chi connectivity index (χ4n) is 2.60. The summed E-state index contributed by atoms with van der Waals surface area (Å²) in [4.78, 5) is 25.9. The molecule has 0 aliphatic carbocycles. The summed E-state index contributed by atoms with van der Waals surface area (Å²) < 4.78 is 0. The van der Waals surface area contributed by atoms with Crippen LogP contribution in [0.1, 0.15) is 37.7 Å². The third-order valence-electron chi connectivity index (χ3n) is 3.94. The van der Waals surface area contributed by atoms with E-state index in [1.807, 2.05) is 32.0 Å². The molecule has 0 aliphatic rings. The van der Waals surface area contributed by atoms with E-state index in [1.165, 1.54) is 10.9 Å². The van der Waals surface area contributed by atoms with Gasteiger partial charge in [-0.15, -0.1) is 5.10 Å². The highest BCUT2D eigenvalue weighted by molar-refractivity contribution is 6.30. The van der Waals surface area contributed by atoms with Crippen molar-refractivity contribution in [3.63, 3.8) is 0 Å². The van der Waals surface area contributed by atoms with Gasteiger partial charge in [0.1, 0.15) is 0 Å². The molecule has 0 atom stereocenters. The molecular formula is C19H18ClN5O2. The van der Waals surface area contributed by atoms with Crippen molar-refractivity contribution in [1.29, 1.82) is 0 Å². The molecule has 8 heteroatoms. The van der Waals surface area contributed by atoms with Crippen molar-refractivity contribution in [3.05, 3.63) is 75.6 Å². The Kier molecular flexibility index (Phi) is 5.23. The second kappa shape index (κ2) is 7.59. The largest absolute Gasteiger partial charge is 0.292 e. The summed E-state index contributed by atoms with van der Waals surface area (Å²) in [6, 6.07) is 12.3. The van der Waals surface area contributed by atoms with Crippen molar-refractivity contribution in [2.24, 2.45) is 0 Å². The normalized spacial score (nSPS) is 10.5. The van der Waals surface area contributed by atoms with Crippen molar-refractivity contribution in [3.8, 4) is 5.69 Å². The van der Waals surface area contributed by atoms with Crippen LogP contribution < -0.4 is 10.9 Å². The van der Waals surface area contributed by atoms with Crippen molar-refractivity contribution >= 4 is 23.4 Å². The highest BCUT2D eigenvalue weighted by Gasteiger charge is 2.18. The molecule has 3 rings (SSSR count). The summed E-state index contributed by atoms with van der Waals surface area (Å²) in [5.41, 5.74) is 8.50. The first-order chi connectivity index (χ1) is 12.8. The van der Waals surface area contributed by atoms with Crippen molar-refractivity contribution in [2.45, 2.75) is 20.8 Å². The van der Waals surface area contributed by atoms with E-state index in [9.17, 15) is 9.59 Å². The van der Waals surface area contributed by atoms with Gasteiger partial charge in [0.15, 0.2) is 5.69 Å². The Labute approximate surface area is 161 Å². The lowest BCUT2D eigenvalue weighted by Gasteiger charge is -2.06. The number of nitrogens with zero attached hydrogens (tertiary/aromatic N) is 3. The smallest absolute Gasteiger partial charge is 0.267 e. The molecule has 7 nitrogen and oxygen atoms in total. The van der Waals surface area contributed by atoms with Crippen LogP contribution in [0.2, 0.25) is 5.02 Å². The molecule has 27 heavy (non-hydrogen) atoms. The van der Waals surface area contributed by atoms with Crippen LogP contribution in [-0.2, 0) is 0 Å². The number of hydrazine groups is 1. The predicted molar refractivity (Wildman–Crippen MR) is 102 cm³/mol. The molecule has 0 radical (unpaired) electrons. The minimum absolute atomic E-state index is 0.126. The molecule has 0 saturated carbocycles. The molecule has 1 heterocycles. The van der Waals surface area contributed by atoms with Crippen molar-refractivity contribution in [1.82, 2.24) is 25.8 Å². The average Bonchev–Trinajstić information content (AvgIpc) is 3.01. The Morgan fingerprint density at radius 2 is 1.70 bits per heavy atom. The van der Waals surface area contributed by atoms with E-state index >= 15 is 0 Å². The van der Waals surface area contributed by atoms with Gasteiger partial charge >= 0.3 is 0 Å². The Bertz CT molecular complexity index is 1030. The number of aryl methyl sites for hydroxylation is 3. The second-order valence-electron chi connectivity index (χ2n) is 6.13.